The number of carbonyl (C=O) groups is 1. The fraction of sp³-hybridized carbons (Fsp3) is 0.467. The number of hydrogen-bond acceptors (Lipinski definition) is 3. The summed E-state index contributed by atoms with van der Waals surface area (Å²) in [6, 6.07) is 2.03. The van der Waals surface area contributed by atoms with Crippen molar-refractivity contribution in [2.45, 2.75) is 46.1 Å². The Morgan fingerprint density at radius 1 is 1.37 bits per heavy atom. The molecule has 0 aromatic carbocycles. The fourth-order valence-corrected chi connectivity index (χ4v) is 2.97. The lowest BCUT2D eigenvalue weighted by Gasteiger charge is -2.19. The number of carbonyl (C=O) groups excluding carboxylic acids is 1. The molecule has 0 saturated heterocycles. The number of nitrogens with zero attached hydrogens (tertiary/aromatic N) is 2. The van der Waals surface area contributed by atoms with Gasteiger partial charge in [-0.2, -0.15) is 0 Å². The largest absolute Gasteiger partial charge is 0.444 e. The topological polar surface area (TPSA) is 48.0 Å². The monoisotopic (exact) mass is 258 g/mol. The van der Waals surface area contributed by atoms with Crippen LogP contribution in [0.25, 0.3) is 0 Å². The van der Waals surface area contributed by atoms with E-state index in [1.54, 1.807) is 6.20 Å². The van der Waals surface area contributed by atoms with Crippen molar-refractivity contribution in [1.29, 1.82) is 0 Å². The summed E-state index contributed by atoms with van der Waals surface area (Å²) in [4.78, 5) is 16.3. The Labute approximate surface area is 112 Å². The standard InChI is InChI=1S/C15H18N2O2/c1-9-7-12-13(5-4-6-14(12)18)17(9)11(3)15-16-8-10(2)19-15/h7-8,11H,4-6H2,1-3H3. The third kappa shape index (κ3) is 1.91. The Hall–Kier alpha value is -1.84. The Bertz CT molecular complexity index is 637. The maximum absolute atomic E-state index is 12.0. The summed E-state index contributed by atoms with van der Waals surface area (Å²) in [5.74, 6) is 1.78. The highest BCUT2D eigenvalue weighted by molar-refractivity contribution is 5.98. The predicted octanol–water partition coefficient (Wildman–Crippen LogP) is 3.22. The first kappa shape index (κ1) is 12.2. The molecule has 0 fully saturated rings. The molecule has 2 aromatic rings. The predicted molar refractivity (Wildman–Crippen MR) is 71.5 cm³/mol. The molecule has 3 rings (SSSR count). The highest BCUT2D eigenvalue weighted by Gasteiger charge is 2.26. The quantitative estimate of drug-likeness (QED) is 0.831. The van der Waals surface area contributed by atoms with E-state index < -0.39 is 0 Å². The molecule has 0 amide bonds. The molecule has 0 radical (unpaired) electrons. The highest BCUT2D eigenvalue weighted by atomic mass is 16.4. The summed E-state index contributed by atoms with van der Waals surface area (Å²) >= 11 is 0. The second-order valence-electron chi connectivity index (χ2n) is 5.28. The lowest BCUT2D eigenvalue weighted by atomic mass is 9.96. The zero-order chi connectivity index (χ0) is 13.6. The van der Waals surface area contributed by atoms with Crippen LogP contribution in [0.3, 0.4) is 0 Å². The lowest BCUT2D eigenvalue weighted by molar-refractivity contribution is 0.0971. The van der Waals surface area contributed by atoms with Gasteiger partial charge in [-0.25, -0.2) is 4.98 Å². The molecule has 4 heteroatoms. The molecule has 2 aromatic heterocycles. The summed E-state index contributed by atoms with van der Waals surface area (Å²) in [5.41, 5.74) is 3.12. The Balaban J connectivity index is 2.08. The van der Waals surface area contributed by atoms with Gasteiger partial charge in [0.25, 0.3) is 0 Å². The first-order valence-corrected chi connectivity index (χ1v) is 6.74. The van der Waals surface area contributed by atoms with Gasteiger partial charge in [-0.3, -0.25) is 4.79 Å². The average molecular weight is 258 g/mol. The van der Waals surface area contributed by atoms with Crippen molar-refractivity contribution in [3.05, 3.63) is 40.9 Å². The smallest absolute Gasteiger partial charge is 0.217 e. The van der Waals surface area contributed by atoms with Gasteiger partial charge in [-0.1, -0.05) is 0 Å². The van der Waals surface area contributed by atoms with E-state index in [0.717, 1.165) is 35.6 Å². The number of Topliss-reactive ketones (excluding diaryl/α,β-unsaturated/α-hetero) is 1. The van der Waals surface area contributed by atoms with Gasteiger partial charge in [0.2, 0.25) is 5.89 Å². The van der Waals surface area contributed by atoms with Crippen molar-refractivity contribution in [2.75, 3.05) is 0 Å². The Morgan fingerprint density at radius 2 is 2.16 bits per heavy atom. The third-order valence-corrected chi connectivity index (χ3v) is 3.84. The number of rotatable bonds is 2. The van der Waals surface area contributed by atoms with Crippen LogP contribution in [0.5, 0.6) is 0 Å². The zero-order valence-electron chi connectivity index (χ0n) is 11.6. The number of aryl methyl sites for hydroxylation is 2. The molecular weight excluding hydrogens is 240 g/mol. The molecule has 0 N–H and O–H groups in total. The molecule has 0 aliphatic heterocycles. The van der Waals surface area contributed by atoms with Crippen molar-refractivity contribution in [3.8, 4) is 0 Å². The minimum atomic E-state index is 0.0309. The van der Waals surface area contributed by atoms with E-state index in [4.69, 9.17) is 4.42 Å². The van der Waals surface area contributed by atoms with Crippen LogP contribution in [-0.2, 0) is 6.42 Å². The van der Waals surface area contributed by atoms with E-state index in [9.17, 15) is 4.79 Å². The molecule has 1 atom stereocenters. The minimum absolute atomic E-state index is 0.0309. The van der Waals surface area contributed by atoms with Crippen molar-refractivity contribution >= 4 is 5.78 Å². The van der Waals surface area contributed by atoms with Crippen LogP contribution < -0.4 is 0 Å². The first-order chi connectivity index (χ1) is 9.08. The van der Waals surface area contributed by atoms with Gasteiger partial charge in [0, 0.05) is 23.4 Å². The van der Waals surface area contributed by atoms with Crippen molar-refractivity contribution in [3.63, 3.8) is 0 Å². The summed E-state index contributed by atoms with van der Waals surface area (Å²) in [5, 5.41) is 0. The SMILES string of the molecule is Cc1cnc(C(C)n2c(C)cc3c2CCCC3=O)o1. The molecule has 0 spiro atoms. The van der Waals surface area contributed by atoms with E-state index in [0.29, 0.717) is 12.3 Å². The number of hydrogen-bond donors (Lipinski definition) is 0. The molecule has 0 saturated carbocycles. The van der Waals surface area contributed by atoms with Crippen LogP contribution in [0.4, 0.5) is 0 Å². The van der Waals surface area contributed by atoms with Gasteiger partial charge in [0.15, 0.2) is 5.78 Å². The third-order valence-electron chi connectivity index (χ3n) is 3.84. The Morgan fingerprint density at radius 3 is 2.84 bits per heavy atom. The van der Waals surface area contributed by atoms with E-state index >= 15 is 0 Å². The maximum Gasteiger partial charge on any atom is 0.217 e. The zero-order valence-corrected chi connectivity index (χ0v) is 11.6. The molecule has 100 valence electrons. The maximum atomic E-state index is 12.0. The second kappa shape index (κ2) is 4.37. The summed E-state index contributed by atoms with van der Waals surface area (Å²) in [6.45, 7) is 6.00. The van der Waals surface area contributed by atoms with E-state index in [-0.39, 0.29) is 11.8 Å². The van der Waals surface area contributed by atoms with Gasteiger partial charge in [-0.15, -0.1) is 0 Å². The van der Waals surface area contributed by atoms with Gasteiger partial charge >= 0.3 is 0 Å². The van der Waals surface area contributed by atoms with Crippen LogP contribution in [0.2, 0.25) is 0 Å². The number of fused-ring (bicyclic) bond motifs is 1. The van der Waals surface area contributed by atoms with Gasteiger partial charge in [-0.05, 0) is 39.7 Å². The second-order valence-corrected chi connectivity index (χ2v) is 5.28. The van der Waals surface area contributed by atoms with Crippen molar-refractivity contribution < 1.29 is 9.21 Å². The molecule has 19 heavy (non-hydrogen) atoms. The van der Waals surface area contributed by atoms with Crippen LogP contribution in [0.15, 0.2) is 16.7 Å². The van der Waals surface area contributed by atoms with Gasteiger partial charge in [0.1, 0.15) is 11.8 Å². The molecule has 0 bridgehead atoms. The van der Waals surface area contributed by atoms with Crippen molar-refractivity contribution in [1.82, 2.24) is 9.55 Å². The lowest BCUT2D eigenvalue weighted by Crippen LogP contribution is -2.17. The van der Waals surface area contributed by atoms with Crippen LogP contribution in [0.1, 0.15) is 59.2 Å². The molecular formula is C15H18N2O2. The number of aromatic nitrogens is 2. The van der Waals surface area contributed by atoms with E-state index in [2.05, 4.69) is 16.5 Å². The van der Waals surface area contributed by atoms with Crippen molar-refractivity contribution in [2.24, 2.45) is 0 Å². The highest BCUT2D eigenvalue weighted by Crippen LogP contribution is 2.30. The fourth-order valence-electron chi connectivity index (χ4n) is 2.97. The first-order valence-electron chi connectivity index (χ1n) is 6.74. The minimum Gasteiger partial charge on any atom is -0.444 e. The molecule has 4 nitrogen and oxygen atoms in total. The average Bonchev–Trinajstić information content (AvgIpc) is 2.93. The molecule has 2 heterocycles. The summed E-state index contributed by atoms with van der Waals surface area (Å²) in [7, 11) is 0. The summed E-state index contributed by atoms with van der Waals surface area (Å²) < 4.78 is 7.82. The van der Waals surface area contributed by atoms with Gasteiger partial charge in [0.05, 0.1) is 6.20 Å². The van der Waals surface area contributed by atoms with Crippen LogP contribution in [-0.4, -0.2) is 15.3 Å². The van der Waals surface area contributed by atoms with Gasteiger partial charge < -0.3 is 8.98 Å². The van der Waals surface area contributed by atoms with Crippen LogP contribution in [0, 0.1) is 13.8 Å². The normalized spacial score (nSPS) is 16.5. The molecule has 1 aliphatic rings. The van der Waals surface area contributed by atoms with Crippen LogP contribution >= 0.6 is 0 Å². The van der Waals surface area contributed by atoms with E-state index in [1.165, 1.54) is 0 Å². The molecule has 1 aliphatic carbocycles. The Kier molecular flexibility index (Phi) is 2.81. The number of oxazole rings is 1. The molecule has 1 unspecified atom stereocenters. The van der Waals surface area contributed by atoms with E-state index in [1.807, 2.05) is 19.9 Å². The summed E-state index contributed by atoms with van der Waals surface area (Å²) in [6.07, 6.45) is 4.30. The number of ketones is 1.